The zero-order chi connectivity index (χ0) is 13.4. The highest BCUT2D eigenvalue weighted by Crippen LogP contribution is 2.22. The quantitative estimate of drug-likeness (QED) is 0.698. The number of hydrogen-bond donors (Lipinski definition) is 3. The van der Waals surface area contributed by atoms with Gasteiger partial charge in [-0.2, -0.15) is 0 Å². The van der Waals surface area contributed by atoms with Crippen LogP contribution in [0.3, 0.4) is 0 Å². The molecule has 0 saturated carbocycles. The standard InChI is InChI=1S/C13H17N5O/c1-2-11-12(19)15-5-6-18(11)13-16-9-4-3-8(14)7-10(9)17-13/h3-4,7,11H,2,5-6,14H2,1H3,(H,15,19)(H,16,17). The number of carbonyl (C=O) groups is 1. The highest BCUT2D eigenvalue weighted by Gasteiger charge is 2.29. The van der Waals surface area contributed by atoms with Crippen molar-refractivity contribution in [3.8, 4) is 0 Å². The largest absolute Gasteiger partial charge is 0.399 e. The van der Waals surface area contributed by atoms with Crippen molar-refractivity contribution in [2.45, 2.75) is 19.4 Å². The number of nitrogens with two attached hydrogens (primary N) is 1. The van der Waals surface area contributed by atoms with Gasteiger partial charge in [0.05, 0.1) is 11.0 Å². The maximum Gasteiger partial charge on any atom is 0.242 e. The minimum Gasteiger partial charge on any atom is -0.399 e. The molecular weight excluding hydrogens is 242 g/mol. The van der Waals surface area contributed by atoms with Gasteiger partial charge in [0.1, 0.15) is 6.04 Å². The molecule has 1 unspecified atom stereocenters. The first-order valence-corrected chi connectivity index (χ1v) is 6.48. The summed E-state index contributed by atoms with van der Waals surface area (Å²) in [5, 5.41) is 2.88. The second-order valence-electron chi connectivity index (χ2n) is 4.75. The van der Waals surface area contributed by atoms with Crippen molar-refractivity contribution < 1.29 is 4.79 Å². The lowest BCUT2D eigenvalue weighted by molar-refractivity contribution is -0.123. The minimum atomic E-state index is -0.161. The predicted molar refractivity (Wildman–Crippen MR) is 74.9 cm³/mol. The third-order valence-electron chi connectivity index (χ3n) is 3.48. The Morgan fingerprint density at radius 2 is 2.37 bits per heavy atom. The van der Waals surface area contributed by atoms with Crippen LogP contribution in [0.4, 0.5) is 11.6 Å². The number of imidazole rings is 1. The molecule has 0 bridgehead atoms. The number of piperazine rings is 1. The lowest BCUT2D eigenvalue weighted by Gasteiger charge is -2.34. The zero-order valence-corrected chi connectivity index (χ0v) is 10.8. The lowest BCUT2D eigenvalue weighted by atomic mass is 10.1. The number of nitrogens with zero attached hydrogens (tertiary/aromatic N) is 2. The first-order chi connectivity index (χ1) is 9.19. The Balaban J connectivity index is 2.00. The van der Waals surface area contributed by atoms with Gasteiger partial charge < -0.3 is 20.9 Å². The molecule has 6 nitrogen and oxygen atoms in total. The smallest absolute Gasteiger partial charge is 0.242 e. The van der Waals surface area contributed by atoms with Gasteiger partial charge >= 0.3 is 0 Å². The van der Waals surface area contributed by atoms with E-state index in [0.29, 0.717) is 12.2 Å². The number of carbonyl (C=O) groups excluding carboxylic acids is 1. The van der Waals surface area contributed by atoms with Crippen LogP contribution < -0.4 is 16.0 Å². The molecule has 1 aromatic carbocycles. The average molecular weight is 259 g/mol. The molecule has 1 aliphatic heterocycles. The van der Waals surface area contributed by atoms with E-state index in [0.717, 1.165) is 29.9 Å². The summed E-state index contributed by atoms with van der Waals surface area (Å²) < 4.78 is 0. The van der Waals surface area contributed by atoms with E-state index in [4.69, 9.17) is 5.73 Å². The van der Waals surface area contributed by atoms with E-state index in [2.05, 4.69) is 15.3 Å². The number of nitrogens with one attached hydrogen (secondary N) is 2. The number of nitrogen functional groups attached to an aromatic ring is 1. The summed E-state index contributed by atoms with van der Waals surface area (Å²) in [5.74, 6) is 0.802. The van der Waals surface area contributed by atoms with Crippen LogP contribution in [-0.4, -0.2) is 35.0 Å². The Morgan fingerprint density at radius 1 is 1.53 bits per heavy atom. The molecule has 100 valence electrons. The van der Waals surface area contributed by atoms with Crippen LogP contribution in [0, 0.1) is 0 Å². The zero-order valence-electron chi connectivity index (χ0n) is 10.8. The third kappa shape index (κ3) is 1.99. The number of rotatable bonds is 2. The predicted octanol–water partition coefficient (Wildman–Crippen LogP) is 0.860. The molecule has 4 N–H and O–H groups in total. The first-order valence-electron chi connectivity index (χ1n) is 6.48. The number of aromatic nitrogens is 2. The van der Waals surface area contributed by atoms with E-state index in [-0.39, 0.29) is 11.9 Å². The van der Waals surface area contributed by atoms with E-state index in [1.165, 1.54) is 0 Å². The molecule has 2 aromatic rings. The maximum atomic E-state index is 11.9. The van der Waals surface area contributed by atoms with Crippen molar-refractivity contribution in [1.29, 1.82) is 0 Å². The summed E-state index contributed by atoms with van der Waals surface area (Å²) >= 11 is 0. The molecule has 1 amide bonds. The van der Waals surface area contributed by atoms with Gasteiger partial charge in [0, 0.05) is 18.8 Å². The molecule has 1 aliphatic rings. The highest BCUT2D eigenvalue weighted by atomic mass is 16.2. The fourth-order valence-electron chi connectivity index (χ4n) is 2.52. The summed E-state index contributed by atoms with van der Waals surface area (Å²) in [7, 11) is 0. The summed E-state index contributed by atoms with van der Waals surface area (Å²) in [6.07, 6.45) is 0.755. The summed E-state index contributed by atoms with van der Waals surface area (Å²) in [5.41, 5.74) is 8.23. The van der Waals surface area contributed by atoms with Gasteiger partial charge in [0.25, 0.3) is 0 Å². The Morgan fingerprint density at radius 3 is 3.16 bits per heavy atom. The molecule has 3 rings (SSSR count). The lowest BCUT2D eigenvalue weighted by Crippen LogP contribution is -2.55. The molecule has 6 heteroatoms. The molecule has 1 aromatic heterocycles. The number of H-pyrrole nitrogens is 1. The van der Waals surface area contributed by atoms with Crippen LogP contribution in [0.25, 0.3) is 11.0 Å². The molecule has 19 heavy (non-hydrogen) atoms. The van der Waals surface area contributed by atoms with E-state index in [1.54, 1.807) is 0 Å². The van der Waals surface area contributed by atoms with Crippen LogP contribution >= 0.6 is 0 Å². The van der Waals surface area contributed by atoms with Gasteiger partial charge in [-0.1, -0.05) is 6.92 Å². The van der Waals surface area contributed by atoms with E-state index >= 15 is 0 Å². The third-order valence-corrected chi connectivity index (χ3v) is 3.48. The SMILES string of the molecule is CCC1C(=O)NCCN1c1nc2ccc(N)cc2[nH]1. The molecule has 0 aliphatic carbocycles. The topological polar surface area (TPSA) is 87.0 Å². The molecule has 2 heterocycles. The number of anilines is 2. The van der Waals surface area contributed by atoms with Gasteiger partial charge in [0.2, 0.25) is 11.9 Å². The van der Waals surface area contributed by atoms with E-state index < -0.39 is 0 Å². The summed E-state index contributed by atoms with van der Waals surface area (Å²) in [6, 6.07) is 5.41. The first kappa shape index (κ1) is 11.8. The molecular formula is C13H17N5O. The molecule has 1 atom stereocenters. The minimum absolute atomic E-state index is 0.0636. The highest BCUT2D eigenvalue weighted by molar-refractivity contribution is 5.87. The number of hydrogen-bond acceptors (Lipinski definition) is 4. The fourth-order valence-corrected chi connectivity index (χ4v) is 2.52. The van der Waals surface area contributed by atoms with Crippen LogP contribution in [-0.2, 0) is 4.79 Å². The van der Waals surface area contributed by atoms with Gasteiger partial charge in [-0.05, 0) is 24.6 Å². The second-order valence-corrected chi connectivity index (χ2v) is 4.75. The average Bonchev–Trinajstić information content (AvgIpc) is 2.81. The summed E-state index contributed by atoms with van der Waals surface area (Å²) in [4.78, 5) is 21.7. The Bertz CT molecular complexity index is 621. The van der Waals surface area contributed by atoms with Gasteiger partial charge in [-0.25, -0.2) is 4.98 Å². The van der Waals surface area contributed by atoms with Crippen molar-refractivity contribution in [2.75, 3.05) is 23.7 Å². The normalized spacial score (nSPS) is 19.7. The molecule has 1 saturated heterocycles. The van der Waals surface area contributed by atoms with Crippen molar-refractivity contribution in [2.24, 2.45) is 0 Å². The number of amides is 1. The van der Waals surface area contributed by atoms with Gasteiger partial charge in [-0.15, -0.1) is 0 Å². The Labute approximate surface area is 111 Å². The van der Waals surface area contributed by atoms with Crippen LogP contribution in [0.15, 0.2) is 18.2 Å². The molecule has 1 fully saturated rings. The van der Waals surface area contributed by atoms with Gasteiger partial charge in [-0.3, -0.25) is 4.79 Å². The van der Waals surface area contributed by atoms with Crippen LogP contribution in [0.1, 0.15) is 13.3 Å². The fraction of sp³-hybridized carbons (Fsp3) is 0.385. The van der Waals surface area contributed by atoms with Crippen molar-refractivity contribution in [3.63, 3.8) is 0 Å². The van der Waals surface area contributed by atoms with Crippen molar-refractivity contribution >= 4 is 28.6 Å². The van der Waals surface area contributed by atoms with Crippen LogP contribution in [0.2, 0.25) is 0 Å². The van der Waals surface area contributed by atoms with Crippen LogP contribution in [0.5, 0.6) is 0 Å². The second kappa shape index (κ2) is 4.46. The van der Waals surface area contributed by atoms with E-state index in [9.17, 15) is 4.79 Å². The van der Waals surface area contributed by atoms with Crippen molar-refractivity contribution in [3.05, 3.63) is 18.2 Å². The van der Waals surface area contributed by atoms with Gasteiger partial charge in [0.15, 0.2) is 0 Å². The monoisotopic (exact) mass is 259 g/mol. The summed E-state index contributed by atoms with van der Waals surface area (Å²) in [6.45, 7) is 3.41. The molecule has 0 spiro atoms. The maximum absolute atomic E-state index is 11.9. The number of benzene rings is 1. The number of aromatic amines is 1. The molecule has 0 radical (unpaired) electrons. The van der Waals surface area contributed by atoms with E-state index in [1.807, 2.05) is 30.0 Å². The Kier molecular flexibility index (Phi) is 2.77. The number of fused-ring (bicyclic) bond motifs is 1. The van der Waals surface area contributed by atoms with Crippen molar-refractivity contribution in [1.82, 2.24) is 15.3 Å². The Hall–Kier alpha value is -2.24.